The fourth-order valence-electron chi connectivity index (χ4n) is 2.01. The Bertz CT molecular complexity index is 273. The molecule has 90 valence electrons. The molecule has 1 saturated heterocycles. The molecule has 0 atom stereocenters. The van der Waals surface area contributed by atoms with Crippen molar-refractivity contribution in [2.45, 2.75) is 19.4 Å². The first-order valence-electron chi connectivity index (χ1n) is 5.75. The Morgan fingerprint density at radius 3 is 2.62 bits per heavy atom. The van der Waals surface area contributed by atoms with E-state index in [-0.39, 0.29) is 12.4 Å². The molecule has 0 aliphatic carbocycles. The molecule has 0 amide bonds. The molecule has 0 aromatic carbocycles. The quantitative estimate of drug-likeness (QED) is 0.841. The van der Waals surface area contributed by atoms with Crippen LogP contribution in [0, 0.1) is 5.92 Å². The zero-order chi connectivity index (χ0) is 10.3. The van der Waals surface area contributed by atoms with Gasteiger partial charge in [0.25, 0.3) is 0 Å². The van der Waals surface area contributed by atoms with Crippen molar-refractivity contribution >= 4 is 12.4 Å². The van der Waals surface area contributed by atoms with Crippen molar-refractivity contribution in [2.75, 3.05) is 19.6 Å². The summed E-state index contributed by atoms with van der Waals surface area (Å²) in [7, 11) is 0. The predicted octanol–water partition coefficient (Wildman–Crippen LogP) is 1.59. The molecule has 3 nitrogen and oxygen atoms in total. The van der Waals surface area contributed by atoms with Gasteiger partial charge in [0.1, 0.15) is 0 Å². The van der Waals surface area contributed by atoms with E-state index in [1.165, 1.54) is 31.5 Å². The summed E-state index contributed by atoms with van der Waals surface area (Å²) in [4.78, 5) is 4.01. The molecule has 0 saturated carbocycles. The fraction of sp³-hybridized carbons (Fsp3) is 0.583. The van der Waals surface area contributed by atoms with Crippen LogP contribution in [0.1, 0.15) is 18.4 Å². The van der Waals surface area contributed by atoms with Crippen LogP contribution in [0.15, 0.2) is 24.5 Å². The Kier molecular flexibility index (Phi) is 6.38. The zero-order valence-corrected chi connectivity index (χ0v) is 10.3. The first kappa shape index (κ1) is 13.4. The van der Waals surface area contributed by atoms with Crippen LogP contribution in [0.25, 0.3) is 0 Å². The Labute approximate surface area is 103 Å². The largest absolute Gasteiger partial charge is 0.317 e. The highest BCUT2D eigenvalue weighted by atomic mass is 35.5. The van der Waals surface area contributed by atoms with Crippen molar-refractivity contribution in [2.24, 2.45) is 5.92 Å². The topological polar surface area (TPSA) is 37.0 Å². The van der Waals surface area contributed by atoms with Crippen LogP contribution in [0.4, 0.5) is 0 Å². The Balaban J connectivity index is 0.00000128. The molecule has 1 aromatic rings. The van der Waals surface area contributed by atoms with Crippen molar-refractivity contribution in [1.29, 1.82) is 0 Å². The molecule has 0 spiro atoms. The molecule has 2 heterocycles. The van der Waals surface area contributed by atoms with Gasteiger partial charge in [-0.25, -0.2) is 0 Å². The van der Waals surface area contributed by atoms with Crippen molar-refractivity contribution in [1.82, 2.24) is 15.6 Å². The van der Waals surface area contributed by atoms with E-state index in [1.54, 1.807) is 0 Å². The van der Waals surface area contributed by atoms with Crippen LogP contribution < -0.4 is 10.6 Å². The average Bonchev–Trinajstić information content (AvgIpc) is 2.32. The molecule has 1 aliphatic rings. The predicted molar refractivity (Wildman–Crippen MR) is 68.8 cm³/mol. The minimum absolute atomic E-state index is 0. The summed E-state index contributed by atoms with van der Waals surface area (Å²) in [5, 5.41) is 6.90. The monoisotopic (exact) mass is 241 g/mol. The van der Waals surface area contributed by atoms with Crippen LogP contribution in [0.5, 0.6) is 0 Å². The summed E-state index contributed by atoms with van der Waals surface area (Å²) >= 11 is 0. The van der Waals surface area contributed by atoms with Crippen molar-refractivity contribution in [3.8, 4) is 0 Å². The maximum atomic E-state index is 4.01. The third-order valence-corrected chi connectivity index (χ3v) is 2.97. The molecule has 0 radical (unpaired) electrons. The number of nitrogens with one attached hydrogen (secondary N) is 2. The van der Waals surface area contributed by atoms with Gasteiger partial charge < -0.3 is 10.6 Å². The van der Waals surface area contributed by atoms with E-state index < -0.39 is 0 Å². The van der Waals surface area contributed by atoms with Gasteiger partial charge in [-0.3, -0.25) is 4.98 Å². The van der Waals surface area contributed by atoms with E-state index in [2.05, 4.69) is 27.8 Å². The average molecular weight is 242 g/mol. The molecule has 2 N–H and O–H groups in total. The Hall–Kier alpha value is -0.640. The highest BCUT2D eigenvalue weighted by Crippen LogP contribution is 2.10. The highest BCUT2D eigenvalue weighted by molar-refractivity contribution is 5.85. The van der Waals surface area contributed by atoms with Crippen LogP contribution in [-0.2, 0) is 6.54 Å². The lowest BCUT2D eigenvalue weighted by molar-refractivity contribution is 0.356. The maximum absolute atomic E-state index is 4.01. The number of rotatable bonds is 4. The number of aromatic nitrogens is 1. The normalized spacial score (nSPS) is 16.8. The summed E-state index contributed by atoms with van der Waals surface area (Å²) in [5.74, 6) is 0.855. The molecule has 0 bridgehead atoms. The lowest BCUT2D eigenvalue weighted by atomic mass is 9.98. The molecule has 1 aliphatic heterocycles. The Morgan fingerprint density at radius 2 is 1.94 bits per heavy atom. The second kappa shape index (κ2) is 7.60. The van der Waals surface area contributed by atoms with E-state index in [1.807, 2.05) is 12.4 Å². The smallest absolute Gasteiger partial charge is 0.0271 e. The number of hydrogen-bond acceptors (Lipinski definition) is 3. The minimum Gasteiger partial charge on any atom is -0.317 e. The molecule has 4 heteroatoms. The van der Waals surface area contributed by atoms with Crippen LogP contribution in [0.3, 0.4) is 0 Å². The van der Waals surface area contributed by atoms with Gasteiger partial charge in [-0.15, -0.1) is 12.4 Å². The standard InChI is InChI=1S/C12H19N3.ClH/c1-5-13-6-2-11(1)9-15-10-12-3-7-14-8-4-12;/h1-2,5-6,12,14-15H,3-4,7-10H2;1H. The lowest BCUT2D eigenvalue weighted by Gasteiger charge is -2.22. The number of nitrogens with zero attached hydrogens (tertiary/aromatic N) is 1. The second-order valence-corrected chi connectivity index (χ2v) is 4.18. The maximum Gasteiger partial charge on any atom is 0.0271 e. The van der Waals surface area contributed by atoms with Gasteiger partial charge in [0.2, 0.25) is 0 Å². The van der Waals surface area contributed by atoms with Gasteiger partial charge >= 0.3 is 0 Å². The van der Waals surface area contributed by atoms with E-state index in [4.69, 9.17) is 0 Å². The van der Waals surface area contributed by atoms with Crippen LogP contribution in [-0.4, -0.2) is 24.6 Å². The molecule has 16 heavy (non-hydrogen) atoms. The molecule has 0 unspecified atom stereocenters. The van der Waals surface area contributed by atoms with E-state index in [9.17, 15) is 0 Å². The summed E-state index contributed by atoms with van der Waals surface area (Å²) in [6.07, 6.45) is 6.32. The number of piperidine rings is 1. The van der Waals surface area contributed by atoms with E-state index in [0.717, 1.165) is 19.0 Å². The summed E-state index contributed by atoms with van der Waals surface area (Å²) in [5.41, 5.74) is 1.32. The Morgan fingerprint density at radius 1 is 1.25 bits per heavy atom. The summed E-state index contributed by atoms with van der Waals surface area (Å²) in [6.45, 7) is 4.47. The van der Waals surface area contributed by atoms with E-state index in [0.29, 0.717) is 0 Å². The molecule has 2 rings (SSSR count). The lowest BCUT2D eigenvalue weighted by Crippen LogP contribution is -2.33. The minimum atomic E-state index is 0. The van der Waals surface area contributed by atoms with Gasteiger partial charge in [0, 0.05) is 18.9 Å². The second-order valence-electron chi connectivity index (χ2n) is 4.18. The number of halogens is 1. The summed E-state index contributed by atoms with van der Waals surface area (Å²) in [6, 6.07) is 4.13. The molecular weight excluding hydrogens is 222 g/mol. The first-order chi connectivity index (χ1) is 7.45. The molecule has 1 aromatic heterocycles. The van der Waals surface area contributed by atoms with Crippen molar-refractivity contribution < 1.29 is 0 Å². The first-order valence-corrected chi connectivity index (χ1v) is 5.75. The van der Waals surface area contributed by atoms with Crippen LogP contribution >= 0.6 is 12.4 Å². The number of hydrogen-bond donors (Lipinski definition) is 2. The highest BCUT2D eigenvalue weighted by Gasteiger charge is 2.11. The van der Waals surface area contributed by atoms with Crippen LogP contribution in [0.2, 0.25) is 0 Å². The number of pyridine rings is 1. The van der Waals surface area contributed by atoms with Gasteiger partial charge in [-0.05, 0) is 56.1 Å². The zero-order valence-electron chi connectivity index (χ0n) is 9.48. The van der Waals surface area contributed by atoms with Gasteiger partial charge in [0.05, 0.1) is 0 Å². The van der Waals surface area contributed by atoms with Gasteiger partial charge in [-0.1, -0.05) is 0 Å². The van der Waals surface area contributed by atoms with E-state index >= 15 is 0 Å². The summed E-state index contributed by atoms with van der Waals surface area (Å²) < 4.78 is 0. The van der Waals surface area contributed by atoms with Crippen molar-refractivity contribution in [3.63, 3.8) is 0 Å². The fourth-order valence-corrected chi connectivity index (χ4v) is 2.01. The van der Waals surface area contributed by atoms with Gasteiger partial charge in [0.15, 0.2) is 0 Å². The SMILES string of the molecule is Cl.c1cc(CNCC2CCNCC2)ccn1. The van der Waals surface area contributed by atoms with Crippen molar-refractivity contribution in [3.05, 3.63) is 30.1 Å². The third-order valence-electron chi connectivity index (χ3n) is 2.97. The third kappa shape index (κ3) is 4.47. The molecule has 1 fully saturated rings. The molecular formula is C12H20ClN3. The van der Waals surface area contributed by atoms with Gasteiger partial charge in [-0.2, -0.15) is 0 Å².